The topological polar surface area (TPSA) is 72.2 Å². The van der Waals surface area contributed by atoms with Crippen LogP contribution in [0.5, 0.6) is 0 Å². The fourth-order valence-corrected chi connectivity index (χ4v) is 2.58. The maximum Gasteiger partial charge on any atom is 0.223 e. The number of carbonyl (C=O) groups excluding carboxylic acids is 2. The number of halogens is 1. The van der Waals surface area contributed by atoms with Gasteiger partial charge < -0.3 is 11.1 Å². The molecule has 1 aromatic rings. The van der Waals surface area contributed by atoms with E-state index in [0.717, 1.165) is 24.8 Å². The molecule has 0 saturated carbocycles. The van der Waals surface area contributed by atoms with Gasteiger partial charge in [0.25, 0.3) is 0 Å². The highest BCUT2D eigenvalue weighted by Gasteiger charge is 2.22. The molecule has 0 radical (unpaired) electrons. The van der Waals surface area contributed by atoms with Crippen molar-refractivity contribution in [1.82, 2.24) is 5.32 Å². The zero-order chi connectivity index (χ0) is 15.9. The van der Waals surface area contributed by atoms with Gasteiger partial charge in [-0.15, -0.1) is 0 Å². The number of allylic oxidation sites excluding steroid dienone is 2. The normalized spacial score (nSPS) is 18.7. The first kappa shape index (κ1) is 16.2. The van der Waals surface area contributed by atoms with Crippen LogP contribution < -0.4 is 11.1 Å². The molecule has 0 spiro atoms. The minimum Gasteiger partial charge on any atom is -0.369 e. The Bertz CT molecular complexity index is 554. The molecule has 0 saturated heterocycles. The average Bonchev–Trinajstić information content (AvgIpc) is 2.53. The van der Waals surface area contributed by atoms with Crippen molar-refractivity contribution in [2.24, 2.45) is 17.6 Å². The fourth-order valence-electron chi connectivity index (χ4n) is 2.58. The summed E-state index contributed by atoms with van der Waals surface area (Å²) in [5.41, 5.74) is 6.22. The number of nitrogens with one attached hydrogen (secondary N) is 1. The highest BCUT2D eigenvalue weighted by Crippen LogP contribution is 2.18. The SMILES string of the molecule is NC(=O)[C@H](CNC(=O)[C@H]1CC=CCC1)Cc1ccc(F)cc1. The van der Waals surface area contributed by atoms with Gasteiger partial charge in [0.2, 0.25) is 11.8 Å². The van der Waals surface area contributed by atoms with E-state index in [4.69, 9.17) is 5.73 Å². The van der Waals surface area contributed by atoms with E-state index in [-0.39, 0.29) is 24.2 Å². The number of nitrogens with two attached hydrogens (primary N) is 1. The molecule has 0 aromatic heterocycles. The van der Waals surface area contributed by atoms with Crippen molar-refractivity contribution in [2.45, 2.75) is 25.7 Å². The van der Waals surface area contributed by atoms with E-state index in [9.17, 15) is 14.0 Å². The van der Waals surface area contributed by atoms with Gasteiger partial charge in [-0.1, -0.05) is 24.3 Å². The highest BCUT2D eigenvalue weighted by molar-refractivity contribution is 5.81. The molecule has 0 fully saturated rings. The van der Waals surface area contributed by atoms with Crippen molar-refractivity contribution in [3.05, 3.63) is 47.8 Å². The standard InChI is InChI=1S/C17H21FN2O2/c18-15-8-6-12(7-9-15)10-14(16(19)21)11-20-17(22)13-4-2-1-3-5-13/h1-2,6-9,13-14H,3-5,10-11H2,(H2,19,21)(H,20,22)/t13-,14-/m0/s1. The summed E-state index contributed by atoms with van der Waals surface area (Å²) in [5.74, 6) is -1.33. The molecule has 2 rings (SSSR count). The van der Waals surface area contributed by atoms with Crippen LogP contribution in [0.4, 0.5) is 4.39 Å². The first-order chi connectivity index (χ1) is 10.6. The summed E-state index contributed by atoms with van der Waals surface area (Å²) in [6, 6.07) is 5.94. The molecular weight excluding hydrogens is 283 g/mol. The number of carbonyl (C=O) groups is 2. The lowest BCUT2D eigenvalue weighted by Crippen LogP contribution is -2.39. The van der Waals surface area contributed by atoms with Crippen LogP contribution in [0.3, 0.4) is 0 Å². The summed E-state index contributed by atoms with van der Waals surface area (Å²) in [7, 11) is 0. The predicted molar refractivity (Wildman–Crippen MR) is 82.3 cm³/mol. The lowest BCUT2D eigenvalue weighted by atomic mass is 9.93. The molecule has 0 heterocycles. The van der Waals surface area contributed by atoms with Crippen LogP contribution in [-0.2, 0) is 16.0 Å². The monoisotopic (exact) mass is 304 g/mol. The molecule has 0 unspecified atom stereocenters. The predicted octanol–water partition coefficient (Wildman–Crippen LogP) is 1.94. The lowest BCUT2D eigenvalue weighted by molar-refractivity contribution is -0.126. The fraction of sp³-hybridized carbons (Fsp3) is 0.412. The summed E-state index contributed by atoms with van der Waals surface area (Å²) < 4.78 is 12.9. The average molecular weight is 304 g/mol. The number of hydrogen-bond acceptors (Lipinski definition) is 2. The largest absolute Gasteiger partial charge is 0.369 e. The van der Waals surface area contributed by atoms with Gasteiger partial charge in [0, 0.05) is 12.5 Å². The van der Waals surface area contributed by atoms with Crippen molar-refractivity contribution in [2.75, 3.05) is 6.54 Å². The summed E-state index contributed by atoms with van der Waals surface area (Å²) in [4.78, 5) is 23.6. The molecule has 0 bridgehead atoms. The summed E-state index contributed by atoms with van der Waals surface area (Å²) in [6.45, 7) is 0.214. The molecule has 22 heavy (non-hydrogen) atoms. The van der Waals surface area contributed by atoms with Crippen LogP contribution in [0.15, 0.2) is 36.4 Å². The number of hydrogen-bond donors (Lipinski definition) is 2. The second-order valence-electron chi connectivity index (χ2n) is 5.66. The van der Waals surface area contributed by atoms with E-state index < -0.39 is 11.8 Å². The number of amides is 2. The second kappa shape index (κ2) is 7.73. The third-order valence-electron chi connectivity index (χ3n) is 3.96. The zero-order valence-corrected chi connectivity index (χ0v) is 12.4. The molecule has 3 N–H and O–H groups in total. The Morgan fingerprint density at radius 2 is 2.00 bits per heavy atom. The Balaban J connectivity index is 1.88. The van der Waals surface area contributed by atoms with E-state index in [0.29, 0.717) is 6.42 Å². The third-order valence-corrected chi connectivity index (χ3v) is 3.96. The van der Waals surface area contributed by atoms with Crippen LogP contribution in [0.1, 0.15) is 24.8 Å². The molecule has 1 aliphatic rings. The minimum atomic E-state index is -0.492. The van der Waals surface area contributed by atoms with Gasteiger partial charge in [0.05, 0.1) is 5.92 Å². The van der Waals surface area contributed by atoms with E-state index >= 15 is 0 Å². The molecule has 0 aliphatic heterocycles. The van der Waals surface area contributed by atoms with Gasteiger partial charge in [-0.3, -0.25) is 9.59 Å². The van der Waals surface area contributed by atoms with E-state index in [1.807, 2.05) is 6.08 Å². The van der Waals surface area contributed by atoms with Gasteiger partial charge in [0.15, 0.2) is 0 Å². The Labute approximate surface area is 129 Å². The van der Waals surface area contributed by atoms with Gasteiger partial charge in [0.1, 0.15) is 5.82 Å². The molecule has 2 atom stereocenters. The maximum absolute atomic E-state index is 12.9. The van der Waals surface area contributed by atoms with Gasteiger partial charge in [-0.25, -0.2) is 4.39 Å². The van der Waals surface area contributed by atoms with Crippen molar-refractivity contribution in [1.29, 1.82) is 0 Å². The first-order valence-electron chi connectivity index (χ1n) is 7.52. The Kier molecular flexibility index (Phi) is 5.69. The molecular formula is C17H21FN2O2. The Hall–Kier alpha value is -2.17. The quantitative estimate of drug-likeness (QED) is 0.788. The highest BCUT2D eigenvalue weighted by atomic mass is 19.1. The Morgan fingerprint density at radius 3 is 2.59 bits per heavy atom. The van der Waals surface area contributed by atoms with Crippen molar-refractivity contribution >= 4 is 11.8 Å². The van der Waals surface area contributed by atoms with Crippen molar-refractivity contribution in [3.63, 3.8) is 0 Å². The Morgan fingerprint density at radius 1 is 1.27 bits per heavy atom. The smallest absolute Gasteiger partial charge is 0.223 e. The van der Waals surface area contributed by atoms with Gasteiger partial charge in [-0.2, -0.15) is 0 Å². The van der Waals surface area contributed by atoms with E-state index in [2.05, 4.69) is 11.4 Å². The van der Waals surface area contributed by atoms with Crippen LogP contribution >= 0.6 is 0 Å². The summed E-state index contributed by atoms with van der Waals surface area (Å²) in [5, 5.41) is 2.82. The molecule has 5 heteroatoms. The van der Waals surface area contributed by atoms with Crippen LogP contribution in [0, 0.1) is 17.7 Å². The summed E-state index contributed by atoms with van der Waals surface area (Å²) >= 11 is 0. The van der Waals surface area contributed by atoms with Gasteiger partial charge >= 0.3 is 0 Å². The van der Waals surface area contributed by atoms with Crippen molar-refractivity contribution in [3.8, 4) is 0 Å². The lowest BCUT2D eigenvalue weighted by Gasteiger charge is -2.19. The molecule has 1 aromatic carbocycles. The first-order valence-corrected chi connectivity index (χ1v) is 7.52. The second-order valence-corrected chi connectivity index (χ2v) is 5.66. The number of benzene rings is 1. The third kappa shape index (κ3) is 4.69. The zero-order valence-electron chi connectivity index (χ0n) is 12.4. The molecule has 2 amide bonds. The molecule has 118 valence electrons. The summed E-state index contributed by atoms with van der Waals surface area (Å²) in [6.07, 6.45) is 6.96. The number of primary amides is 1. The van der Waals surface area contributed by atoms with Crippen LogP contribution in [0.2, 0.25) is 0 Å². The van der Waals surface area contributed by atoms with Crippen LogP contribution in [-0.4, -0.2) is 18.4 Å². The maximum atomic E-state index is 12.9. The molecule has 1 aliphatic carbocycles. The van der Waals surface area contributed by atoms with Crippen LogP contribution in [0.25, 0.3) is 0 Å². The minimum absolute atomic E-state index is 0.0238. The van der Waals surface area contributed by atoms with E-state index in [1.54, 1.807) is 12.1 Å². The van der Waals surface area contributed by atoms with E-state index in [1.165, 1.54) is 12.1 Å². The number of rotatable bonds is 6. The van der Waals surface area contributed by atoms with Gasteiger partial charge in [-0.05, 0) is 43.4 Å². The van der Waals surface area contributed by atoms with Crippen molar-refractivity contribution < 1.29 is 14.0 Å². The molecule has 4 nitrogen and oxygen atoms in total.